The van der Waals surface area contributed by atoms with Crippen LogP contribution in [-0.2, 0) is 20.4 Å². The van der Waals surface area contributed by atoms with Gasteiger partial charge in [-0.1, -0.05) is 12.1 Å². The van der Waals surface area contributed by atoms with E-state index in [1.165, 1.54) is 29.3 Å². The van der Waals surface area contributed by atoms with E-state index in [1.54, 1.807) is 19.9 Å². The number of anilines is 1. The fourth-order valence-electron chi connectivity index (χ4n) is 2.63. The number of allylic oxidation sites excluding steroid dienone is 1. The normalized spacial score (nSPS) is 13.2. The number of carbonyl (C=O) groups is 1. The molecular weight excluding hydrogens is 462 g/mol. The average molecular weight is 486 g/mol. The summed E-state index contributed by atoms with van der Waals surface area (Å²) in [7, 11) is -4.72. The second kappa shape index (κ2) is 11.4. The van der Waals surface area contributed by atoms with Crippen LogP contribution in [0.25, 0.3) is 0 Å². The van der Waals surface area contributed by atoms with Crippen molar-refractivity contribution in [2.24, 2.45) is 0 Å². The van der Waals surface area contributed by atoms with Crippen LogP contribution in [0.1, 0.15) is 30.3 Å². The van der Waals surface area contributed by atoms with Gasteiger partial charge in [0, 0.05) is 34.3 Å². The van der Waals surface area contributed by atoms with Gasteiger partial charge in [0.05, 0.1) is 13.2 Å². The number of carbonyl (C=O) groups excluding carboxylic acids is 1. The Morgan fingerprint density at radius 2 is 2.06 bits per heavy atom. The van der Waals surface area contributed by atoms with Crippen LogP contribution in [-0.4, -0.2) is 47.8 Å². The molecule has 0 aliphatic carbocycles. The molecule has 13 heteroatoms. The van der Waals surface area contributed by atoms with Crippen LogP contribution in [0.5, 0.6) is 0 Å². The zero-order chi connectivity index (χ0) is 23.9. The van der Waals surface area contributed by atoms with E-state index in [0.717, 1.165) is 0 Å². The first kappa shape index (κ1) is 25.8. The summed E-state index contributed by atoms with van der Waals surface area (Å²) in [6, 6.07) is 5.60. The average Bonchev–Trinajstić information content (AvgIpc) is 2.71. The first-order chi connectivity index (χ1) is 15.0. The van der Waals surface area contributed by atoms with Crippen molar-refractivity contribution in [3.63, 3.8) is 0 Å². The molecule has 0 saturated heterocycles. The molecule has 0 fully saturated rings. The van der Waals surface area contributed by atoms with Crippen molar-refractivity contribution in [1.29, 1.82) is 0 Å². The highest BCUT2D eigenvalue weighted by atomic mass is 32.1. The third-order valence-electron chi connectivity index (χ3n) is 4.29. The Balaban J connectivity index is 2.43. The minimum absolute atomic E-state index is 0.0142. The molecule has 174 valence electrons. The van der Waals surface area contributed by atoms with Gasteiger partial charge in [0.25, 0.3) is 0 Å². The quantitative estimate of drug-likeness (QED) is 0.147. The van der Waals surface area contributed by atoms with Crippen molar-refractivity contribution in [1.82, 2.24) is 14.9 Å². The van der Waals surface area contributed by atoms with Gasteiger partial charge in [0.1, 0.15) is 22.5 Å². The van der Waals surface area contributed by atoms with E-state index < -0.39 is 20.2 Å². The summed E-state index contributed by atoms with van der Waals surface area (Å²) in [6.07, 6.45) is 1.97. The Hall–Kier alpha value is -2.47. The van der Waals surface area contributed by atoms with Gasteiger partial charge in [-0.15, -0.1) is 11.4 Å². The summed E-state index contributed by atoms with van der Waals surface area (Å²) in [4.78, 5) is 39.4. The number of hydrogen-bond acceptors (Lipinski definition) is 6. The molecule has 0 radical (unpaired) electrons. The molecule has 5 N–H and O–H groups in total. The van der Waals surface area contributed by atoms with E-state index in [1.807, 2.05) is 0 Å². The van der Waals surface area contributed by atoms with E-state index in [4.69, 9.17) is 15.5 Å². The predicted molar refractivity (Wildman–Crippen MR) is 120 cm³/mol. The molecule has 32 heavy (non-hydrogen) atoms. The molecule has 2 aromatic rings. The van der Waals surface area contributed by atoms with Gasteiger partial charge in [-0.05, 0) is 26.0 Å². The monoisotopic (exact) mass is 486 g/mol. The lowest BCUT2D eigenvalue weighted by Gasteiger charge is -2.22. The Labute approximate surface area is 187 Å². The molecule has 0 aliphatic heterocycles. The van der Waals surface area contributed by atoms with Crippen molar-refractivity contribution in [3.05, 3.63) is 63.8 Å². The van der Waals surface area contributed by atoms with Crippen LogP contribution < -0.4 is 5.73 Å². The van der Waals surface area contributed by atoms with Gasteiger partial charge in [0.15, 0.2) is 0 Å². The maximum atomic E-state index is 14.1. The number of nitrogen functional groups attached to an aromatic ring is 1. The molecule has 0 spiro atoms. The van der Waals surface area contributed by atoms with E-state index in [2.05, 4.69) is 14.5 Å². The minimum Gasteiger partial charge on any atom is -0.383 e. The molecule has 10 nitrogen and oxygen atoms in total. The van der Waals surface area contributed by atoms with Crippen molar-refractivity contribution in [2.45, 2.75) is 26.8 Å². The number of nitrogens with zero attached hydrogens (tertiary/aromatic N) is 3. The van der Waals surface area contributed by atoms with E-state index >= 15 is 0 Å². The van der Waals surface area contributed by atoms with Crippen LogP contribution in [0.2, 0.25) is 0 Å². The summed E-state index contributed by atoms with van der Waals surface area (Å²) in [5, 5.41) is 10.2. The molecular formula is C19H24FN4O6PS. The maximum Gasteiger partial charge on any atom is 0.469 e. The number of thiol groups is 1. The lowest BCUT2D eigenvalue weighted by atomic mass is 10.2. The van der Waals surface area contributed by atoms with E-state index in [0.29, 0.717) is 28.4 Å². The lowest BCUT2D eigenvalue weighted by molar-refractivity contribution is -0.116. The highest BCUT2D eigenvalue weighted by molar-refractivity contribution is 8.02. The van der Waals surface area contributed by atoms with Crippen molar-refractivity contribution < 1.29 is 33.2 Å². The number of aryl methyl sites for hydroxylation is 1. The zero-order valence-electron chi connectivity index (χ0n) is 17.3. The van der Waals surface area contributed by atoms with Gasteiger partial charge in [-0.2, -0.15) is 0 Å². The summed E-state index contributed by atoms with van der Waals surface area (Å²) in [5.74, 6) is 0.0222. The number of aliphatic hydroxyl groups excluding tert-OH is 1. The number of nitrogens with two attached hydrogens (primary N) is 1. The van der Waals surface area contributed by atoms with E-state index in [-0.39, 0.29) is 40.7 Å². The number of amides is 1. The molecule has 1 heterocycles. The predicted octanol–water partition coefficient (Wildman–Crippen LogP) is 2.40. The number of phosphoric acid groups is 1. The smallest absolute Gasteiger partial charge is 0.383 e. The molecule has 2 rings (SSSR count). The number of rotatable bonds is 10. The number of hydrogen-bond donors (Lipinski definition) is 5. The first-order valence-electron chi connectivity index (χ1n) is 9.24. The highest BCUT2D eigenvalue weighted by Gasteiger charge is 2.17. The molecule has 0 bridgehead atoms. The SMILES string of the molecule is CC(=C(CCOP(=O)(O)O)[SH]=C(O)c1ccccc1F)N(C=O)Cc1cnc(C)nc1N. The summed E-state index contributed by atoms with van der Waals surface area (Å²) >= 11 is 0.130. The minimum atomic E-state index is -4.72. The Kier molecular flexibility index (Phi) is 9.20. The largest absolute Gasteiger partial charge is 0.469 e. The maximum absolute atomic E-state index is 14.1. The number of halogens is 1. The standard InChI is InChI=1S/C19H24FN4O6PS/c1-12(24(11-25)10-14-9-22-13(2)23-18(14)21)17(7-8-30-31(27,28)29)32-19(26)15-5-3-4-6-16(15)20/h3-6,9,11,26,32H,7-8,10H2,1-2H3,(H2,21,22,23)(H2,27,28,29). The number of aliphatic hydroxyl groups is 1. The number of benzene rings is 1. The van der Waals surface area contributed by atoms with Crippen LogP contribution in [0.3, 0.4) is 0 Å². The summed E-state index contributed by atoms with van der Waals surface area (Å²) < 4.78 is 29.6. The van der Waals surface area contributed by atoms with Crippen LogP contribution in [0.15, 0.2) is 41.1 Å². The number of phosphoric ester groups is 1. The van der Waals surface area contributed by atoms with Crippen LogP contribution >= 0.6 is 19.2 Å². The molecule has 0 saturated carbocycles. The second-order valence-corrected chi connectivity index (χ2v) is 9.01. The topological polar surface area (TPSA) is 159 Å². The van der Waals surface area contributed by atoms with Crippen molar-refractivity contribution in [3.8, 4) is 0 Å². The molecule has 1 aromatic carbocycles. The zero-order valence-corrected chi connectivity index (χ0v) is 19.1. The molecule has 0 atom stereocenters. The summed E-state index contributed by atoms with van der Waals surface area (Å²) in [6.45, 7) is 2.87. The van der Waals surface area contributed by atoms with Crippen LogP contribution in [0.4, 0.5) is 10.2 Å². The Morgan fingerprint density at radius 1 is 1.38 bits per heavy atom. The van der Waals surface area contributed by atoms with Gasteiger partial charge < -0.3 is 25.5 Å². The first-order valence-corrected chi connectivity index (χ1v) is 11.7. The lowest BCUT2D eigenvalue weighted by Crippen LogP contribution is -2.22. The molecule has 1 amide bonds. The molecule has 0 unspecified atom stereocenters. The fraction of sp³-hybridized carbons (Fsp3) is 0.263. The highest BCUT2D eigenvalue weighted by Crippen LogP contribution is 2.36. The third-order valence-corrected chi connectivity index (χ3v) is 6.08. The Morgan fingerprint density at radius 3 is 2.66 bits per heavy atom. The van der Waals surface area contributed by atoms with Crippen molar-refractivity contribution >= 4 is 36.5 Å². The van der Waals surface area contributed by atoms with Crippen LogP contribution in [0, 0.1) is 12.7 Å². The number of aromatic nitrogens is 2. The third kappa shape index (κ3) is 7.59. The van der Waals surface area contributed by atoms with Gasteiger partial charge >= 0.3 is 7.82 Å². The summed E-state index contributed by atoms with van der Waals surface area (Å²) in [5.41, 5.74) is 6.70. The Bertz CT molecular complexity index is 1090. The van der Waals surface area contributed by atoms with Gasteiger partial charge in [-0.25, -0.2) is 18.9 Å². The fourth-order valence-corrected chi connectivity index (χ4v) is 4.01. The van der Waals surface area contributed by atoms with Gasteiger partial charge in [-0.3, -0.25) is 9.32 Å². The molecule has 0 aliphatic rings. The second-order valence-electron chi connectivity index (χ2n) is 6.58. The van der Waals surface area contributed by atoms with Crippen molar-refractivity contribution in [2.75, 3.05) is 12.3 Å². The molecule has 1 aromatic heterocycles. The van der Waals surface area contributed by atoms with Gasteiger partial charge in [0.2, 0.25) is 6.41 Å². The van der Waals surface area contributed by atoms with E-state index in [9.17, 15) is 18.9 Å².